The van der Waals surface area contributed by atoms with E-state index in [0.29, 0.717) is 6.54 Å². The Hall–Kier alpha value is -1.46. The Morgan fingerprint density at radius 2 is 2.25 bits per heavy atom. The van der Waals surface area contributed by atoms with Gasteiger partial charge in [0.2, 0.25) is 0 Å². The van der Waals surface area contributed by atoms with E-state index in [9.17, 15) is 4.39 Å². The van der Waals surface area contributed by atoms with E-state index in [0.717, 1.165) is 30.3 Å². The van der Waals surface area contributed by atoms with E-state index in [1.54, 1.807) is 16.8 Å². The maximum Gasteiger partial charge on any atom is 0.141 e. The van der Waals surface area contributed by atoms with Crippen LogP contribution in [0, 0.1) is 11.7 Å². The Morgan fingerprint density at radius 3 is 3.00 bits per heavy atom. The highest BCUT2D eigenvalue weighted by Gasteiger charge is 2.20. The van der Waals surface area contributed by atoms with Crippen LogP contribution in [0.15, 0.2) is 24.4 Å². The summed E-state index contributed by atoms with van der Waals surface area (Å²) in [5.74, 6) is 0.449. The van der Waals surface area contributed by atoms with Crippen molar-refractivity contribution in [1.82, 2.24) is 20.3 Å². The van der Waals surface area contributed by atoms with Crippen molar-refractivity contribution in [3.8, 4) is 0 Å². The van der Waals surface area contributed by atoms with Crippen LogP contribution in [-0.4, -0.2) is 21.5 Å². The van der Waals surface area contributed by atoms with E-state index in [2.05, 4.69) is 15.6 Å². The molecule has 0 saturated heterocycles. The van der Waals surface area contributed by atoms with Gasteiger partial charge < -0.3 is 5.32 Å². The molecule has 0 amide bonds. The minimum atomic E-state index is -0.404. The van der Waals surface area contributed by atoms with Crippen LogP contribution in [0.3, 0.4) is 0 Å². The third kappa shape index (κ3) is 3.55. The predicted molar refractivity (Wildman–Crippen MR) is 75.0 cm³/mol. The van der Waals surface area contributed by atoms with Gasteiger partial charge >= 0.3 is 0 Å². The summed E-state index contributed by atoms with van der Waals surface area (Å²) in [4.78, 5) is 0. The molecule has 1 aromatic heterocycles. The molecule has 0 spiro atoms. The zero-order valence-corrected chi connectivity index (χ0v) is 11.8. The number of nitrogens with zero attached hydrogens (tertiary/aromatic N) is 3. The number of benzene rings is 1. The first kappa shape index (κ1) is 13.5. The first-order valence-corrected chi connectivity index (χ1v) is 7.12. The molecule has 1 N–H and O–H groups in total. The number of nitrogens with one attached hydrogen (secondary N) is 1. The van der Waals surface area contributed by atoms with E-state index >= 15 is 0 Å². The minimum absolute atomic E-state index is 0.133. The van der Waals surface area contributed by atoms with Gasteiger partial charge in [0.1, 0.15) is 5.82 Å². The predicted octanol–water partition coefficient (Wildman–Crippen LogP) is 2.62. The lowest BCUT2D eigenvalue weighted by atomic mass is 10.2. The molecule has 0 bridgehead atoms. The van der Waals surface area contributed by atoms with Crippen molar-refractivity contribution in [2.45, 2.75) is 25.9 Å². The van der Waals surface area contributed by atoms with E-state index < -0.39 is 5.82 Å². The lowest BCUT2D eigenvalue weighted by Crippen LogP contribution is -2.16. The highest BCUT2D eigenvalue weighted by Crippen LogP contribution is 2.27. The summed E-state index contributed by atoms with van der Waals surface area (Å²) < 4.78 is 14.8. The molecule has 0 atom stereocenters. The summed E-state index contributed by atoms with van der Waals surface area (Å²) in [7, 11) is 0. The summed E-state index contributed by atoms with van der Waals surface area (Å²) in [5, 5.41) is 11.7. The summed E-state index contributed by atoms with van der Waals surface area (Å²) in [6.07, 6.45) is 4.58. The van der Waals surface area contributed by atoms with Crippen LogP contribution >= 0.6 is 11.6 Å². The van der Waals surface area contributed by atoms with Crippen molar-refractivity contribution in [2.24, 2.45) is 5.92 Å². The Balaban J connectivity index is 1.56. The molecule has 1 saturated carbocycles. The third-order valence-corrected chi connectivity index (χ3v) is 3.64. The fraction of sp³-hybridized carbons (Fsp3) is 0.429. The molecule has 106 valence electrons. The van der Waals surface area contributed by atoms with Gasteiger partial charge in [-0.25, -0.2) is 9.07 Å². The summed E-state index contributed by atoms with van der Waals surface area (Å²) in [6.45, 7) is 2.33. The topological polar surface area (TPSA) is 42.7 Å². The van der Waals surface area contributed by atoms with Crippen molar-refractivity contribution in [1.29, 1.82) is 0 Å². The van der Waals surface area contributed by atoms with Gasteiger partial charge in [0.15, 0.2) is 0 Å². The van der Waals surface area contributed by atoms with Crippen LogP contribution < -0.4 is 5.32 Å². The quantitative estimate of drug-likeness (QED) is 0.890. The fourth-order valence-corrected chi connectivity index (χ4v) is 2.25. The molecule has 0 unspecified atom stereocenters. The molecular formula is C14H16ClFN4. The van der Waals surface area contributed by atoms with E-state index in [4.69, 9.17) is 11.6 Å². The second-order valence-electron chi connectivity index (χ2n) is 5.23. The molecule has 20 heavy (non-hydrogen) atoms. The normalized spacial score (nSPS) is 14.7. The van der Waals surface area contributed by atoms with Crippen LogP contribution in [0.1, 0.15) is 24.1 Å². The van der Waals surface area contributed by atoms with Crippen LogP contribution in [0.4, 0.5) is 4.39 Å². The highest BCUT2D eigenvalue weighted by molar-refractivity contribution is 6.30. The molecule has 1 aromatic carbocycles. The SMILES string of the molecule is Fc1ccc(Cn2cc(CNCC3CC3)nn2)cc1Cl. The van der Waals surface area contributed by atoms with Crippen LogP contribution in [0.5, 0.6) is 0 Å². The largest absolute Gasteiger partial charge is 0.311 e. The van der Waals surface area contributed by atoms with E-state index in [-0.39, 0.29) is 5.02 Å². The lowest BCUT2D eigenvalue weighted by molar-refractivity contribution is 0.621. The Labute approximate surface area is 121 Å². The molecule has 1 heterocycles. The molecule has 0 radical (unpaired) electrons. The highest BCUT2D eigenvalue weighted by atomic mass is 35.5. The molecule has 6 heteroatoms. The van der Waals surface area contributed by atoms with Crippen molar-refractivity contribution in [2.75, 3.05) is 6.54 Å². The van der Waals surface area contributed by atoms with Gasteiger partial charge in [0.05, 0.1) is 23.5 Å². The average molecular weight is 295 g/mol. The van der Waals surface area contributed by atoms with Crippen molar-refractivity contribution < 1.29 is 4.39 Å². The summed E-state index contributed by atoms with van der Waals surface area (Å²) in [5.41, 5.74) is 1.82. The molecule has 1 aliphatic carbocycles. The molecule has 1 fully saturated rings. The molecule has 2 aromatic rings. The van der Waals surface area contributed by atoms with Crippen molar-refractivity contribution >= 4 is 11.6 Å². The molecule has 0 aliphatic heterocycles. The third-order valence-electron chi connectivity index (χ3n) is 3.35. The second kappa shape index (κ2) is 5.89. The van der Waals surface area contributed by atoms with Gasteiger partial charge in [0, 0.05) is 6.54 Å². The zero-order valence-electron chi connectivity index (χ0n) is 11.0. The number of rotatable bonds is 6. The zero-order chi connectivity index (χ0) is 13.9. The van der Waals surface area contributed by atoms with Gasteiger partial charge in [-0.15, -0.1) is 5.10 Å². The minimum Gasteiger partial charge on any atom is -0.311 e. The van der Waals surface area contributed by atoms with E-state index in [1.165, 1.54) is 18.9 Å². The maximum absolute atomic E-state index is 13.1. The standard InChI is InChI=1S/C14H16ClFN4/c15-13-5-11(3-4-14(13)16)8-20-9-12(18-19-20)7-17-6-10-1-2-10/h3-5,9-10,17H,1-2,6-8H2. The summed E-state index contributed by atoms with van der Waals surface area (Å²) in [6, 6.07) is 4.68. The van der Waals surface area contributed by atoms with Crippen LogP contribution in [0.25, 0.3) is 0 Å². The number of hydrogen-bond acceptors (Lipinski definition) is 3. The first-order valence-electron chi connectivity index (χ1n) is 6.74. The first-order chi connectivity index (χ1) is 9.70. The average Bonchev–Trinajstić information content (AvgIpc) is 3.14. The Kier molecular flexibility index (Phi) is 3.98. The number of aromatic nitrogens is 3. The van der Waals surface area contributed by atoms with Gasteiger partial charge in [-0.2, -0.15) is 0 Å². The Morgan fingerprint density at radius 1 is 1.40 bits per heavy atom. The molecule has 4 nitrogen and oxygen atoms in total. The van der Waals surface area contributed by atoms with Crippen molar-refractivity contribution in [3.63, 3.8) is 0 Å². The monoisotopic (exact) mass is 294 g/mol. The number of hydrogen-bond donors (Lipinski definition) is 1. The van der Waals surface area contributed by atoms with Crippen LogP contribution in [-0.2, 0) is 13.1 Å². The number of halogens is 2. The lowest BCUT2D eigenvalue weighted by Gasteiger charge is -2.02. The smallest absolute Gasteiger partial charge is 0.141 e. The Bertz CT molecular complexity index is 595. The van der Waals surface area contributed by atoms with Gasteiger partial charge in [-0.05, 0) is 43.0 Å². The second-order valence-corrected chi connectivity index (χ2v) is 5.64. The van der Waals surface area contributed by atoms with Crippen molar-refractivity contribution in [3.05, 3.63) is 46.5 Å². The fourth-order valence-electron chi connectivity index (χ4n) is 2.05. The van der Waals surface area contributed by atoms with Crippen LogP contribution in [0.2, 0.25) is 5.02 Å². The molecular weight excluding hydrogens is 279 g/mol. The molecule has 3 rings (SSSR count). The van der Waals surface area contributed by atoms with E-state index in [1.807, 2.05) is 6.20 Å². The van der Waals surface area contributed by atoms with Gasteiger partial charge in [-0.3, -0.25) is 0 Å². The maximum atomic E-state index is 13.1. The summed E-state index contributed by atoms with van der Waals surface area (Å²) >= 11 is 5.76. The van der Waals surface area contributed by atoms with Gasteiger partial charge in [-0.1, -0.05) is 22.9 Å². The van der Waals surface area contributed by atoms with Gasteiger partial charge in [0.25, 0.3) is 0 Å². The molecule has 1 aliphatic rings.